The third-order valence-electron chi connectivity index (χ3n) is 5.24. The monoisotopic (exact) mass is 232 g/mol. The van der Waals surface area contributed by atoms with Crippen LogP contribution in [0.5, 0.6) is 5.75 Å². The van der Waals surface area contributed by atoms with Crippen LogP contribution in [0.4, 0.5) is 0 Å². The molecule has 0 spiro atoms. The summed E-state index contributed by atoms with van der Waals surface area (Å²) >= 11 is 0. The van der Waals surface area contributed by atoms with E-state index in [-0.39, 0.29) is 5.41 Å². The molecule has 0 radical (unpaired) electrons. The highest BCUT2D eigenvalue weighted by Crippen LogP contribution is 2.61. The summed E-state index contributed by atoms with van der Waals surface area (Å²) in [6, 6.07) is 6.38. The molecular formula is C15H20O2. The van der Waals surface area contributed by atoms with Crippen LogP contribution in [0.2, 0.25) is 0 Å². The molecule has 1 N–H and O–H groups in total. The molecule has 17 heavy (non-hydrogen) atoms. The summed E-state index contributed by atoms with van der Waals surface area (Å²) < 4.78 is 6.17. The molecule has 2 aliphatic rings. The zero-order valence-corrected chi connectivity index (χ0v) is 11.0. The molecule has 1 aliphatic heterocycles. The summed E-state index contributed by atoms with van der Waals surface area (Å²) in [5, 5.41) is 10.6. The van der Waals surface area contributed by atoms with Crippen LogP contribution in [0, 0.1) is 6.92 Å². The van der Waals surface area contributed by atoms with Crippen molar-refractivity contribution in [2.24, 2.45) is 0 Å². The quantitative estimate of drug-likeness (QED) is 0.745. The van der Waals surface area contributed by atoms with E-state index in [1.807, 2.05) is 6.92 Å². The number of rotatable bonds is 0. The summed E-state index contributed by atoms with van der Waals surface area (Å²) in [6.45, 7) is 8.24. The summed E-state index contributed by atoms with van der Waals surface area (Å²) in [7, 11) is 0. The molecule has 0 amide bonds. The van der Waals surface area contributed by atoms with Crippen LogP contribution in [-0.4, -0.2) is 16.3 Å². The highest BCUT2D eigenvalue weighted by Gasteiger charge is 2.67. The van der Waals surface area contributed by atoms with Crippen molar-refractivity contribution in [1.29, 1.82) is 0 Å². The van der Waals surface area contributed by atoms with Crippen LogP contribution in [0.3, 0.4) is 0 Å². The van der Waals surface area contributed by atoms with E-state index < -0.39 is 11.2 Å². The molecule has 1 saturated carbocycles. The molecule has 0 saturated heterocycles. The minimum absolute atomic E-state index is 0.0699. The first-order chi connectivity index (χ1) is 7.80. The maximum Gasteiger partial charge on any atom is 0.144 e. The predicted molar refractivity (Wildman–Crippen MR) is 67.4 cm³/mol. The van der Waals surface area contributed by atoms with Gasteiger partial charge in [0.1, 0.15) is 17.0 Å². The van der Waals surface area contributed by atoms with Crippen LogP contribution >= 0.6 is 0 Å². The fourth-order valence-corrected chi connectivity index (χ4v) is 3.57. The van der Waals surface area contributed by atoms with Gasteiger partial charge in [-0.25, -0.2) is 0 Å². The van der Waals surface area contributed by atoms with E-state index in [9.17, 15) is 5.11 Å². The van der Waals surface area contributed by atoms with Gasteiger partial charge >= 0.3 is 0 Å². The Morgan fingerprint density at radius 1 is 1.18 bits per heavy atom. The van der Waals surface area contributed by atoms with Crippen LogP contribution in [-0.2, 0) is 5.41 Å². The van der Waals surface area contributed by atoms with Gasteiger partial charge in [-0.3, -0.25) is 0 Å². The molecule has 0 unspecified atom stereocenters. The average molecular weight is 232 g/mol. The summed E-state index contributed by atoms with van der Waals surface area (Å²) in [5.41, 5.74) is 1.13. The zero-order valence-electron chi connectivity index (χ0n) is 11.0. The third-order valence-corrected chi connectivity index (χ3v) is 5.24. The number of benzene rings is 1. The maximum absolute atomic E-state index is 10.6. The van der Waals surface area contributed by atoms with E-state index >= 15 is 0 Å². The Morgan fingerprint density at radius 2 is 1.88 bits per heavy atom. The van der Waals surface area contributed by atoms with E-state index in [1.54, 1.807) is 0 Å². The SMILES string of the molecule is Cc1ccc2c(c1)O[C@]1(C)[C@@]2(C)CC[C@@]1(C)O. The highest BCUT2D eigenvalue weighted by atomic mass is 16.5. The standard InChI is InChI=1S/C15H20O2/c1-10-5-6-11-12(9-10)17-15(4)13(11,2)7-8-14(15,3)16/h5-6,9,16H,7-8H2,1-4H3/t13-,14+,15+/m0/s1. The second kappa shape index (κ2) is 2.86. The van der Waals surface area contributed by atoms with Crippen molar-refractivity contribution in [1.82, 2.24) is 0 Å². The smallest absolute Gasteiger partial charge is 0.144 e. The van der Waals surface area contributed by atoms with Gasteiger partial charge in [0.25, 0.3) is 0 Å². The van der Waals surface area contributed by atoms with E-state index in [0.717, 1.165) is 18.6 Å². The molecule has 3 rings (SSSR count). The number of hydrogen-bond acceptors (Lipinski definition) is 2. The summed E-state index contributed by atoms with van der Waals surface area (Å²) in [5.74, 6) is 0.954. The molecule has 2 nitrogen and oxygen atoms in total. The Labute approximate surface area is 103 Å². The average Bonchev–Trinajstić information content (AvgIpc) is 2.55. The van der Waals surface area contributed by atoms with Gasteiger partial charge in [0.2, 0.25) is 0 Å². The second-order valence-corrected chi connectivity index (χ2v) is 6.24. The van der Waals surface area contributed by atoms with Crippen molar-refractivity contribution in [3.05, 3.63) is 29.3 Å². The van der Waals surface area contributed by atoms with Gasteiger partial charge in [-0.1, -0.05) is 19.1 Å². The van der Waals surface area contributed by atoms with Gasteiger partial charge in [-0.2, -0.15) is 0 Å². The predicted octanol–water partition coefficient (Wildman–Crippen LogP) is 2.95. The van der Waals surface area contributed by atoms with E-state index in [4.69, 9.17) is 4.74 Å². The normalized spacial score (nSPS) is 43.1. The first kappa shape index (κ1) is 11.1. The van der Waals surface area contributed by atoms with Crippen molar-refractivity contribution < 1.29 is 9.84 Å². The van der Waals surface area contributed by atoms with Crippen molar-refractivity contribution in [2.75, 3.05) is 0 Å². The second-order valence-electron chi connectivity index (χ2n) is 6.24. The molecule has 1 heterocycles. The lowest BCUT2D eigenvalue weighted by atomic mass is 9.70. The van der Waals surface area contributed by atoms with Gasteiger partial charge in [-0.15, -0.1) is 0 Å². The Kier molecular flexibility index (Phi) is 1.87. The van der Waals surface area contributed by atoms with Gasteiger partial charge in [0, 0.05) is 11.0 Å². The third kappa shape index (κ3) is 1.10. The largest absolute Gasteiger partial charge is 0.483 e. The maximum atomic E-state index is 10.6. The minimum atomic E-state index is -0.755. The summed E-state index contributed by atoms with van der Waals surface area (Å²) in [4.78, 5) is 0. The molecule has 92 valence electrons. The van der Waals surface area contributed by atoms with Gasteiger partial charge < -0.3 is 9.84 Å². The number of aliphatic hydroxyl groups is 1. The first-order valence-electron chi connectivity index (χ1n) is 6.33. The van der Waals surface area contributed by atoms with Gasteiger partial charge in [0.05, 0.1) is 0 Å². The molecule has 0 aromatic heterocycles. The highest BCUT2D eigenvalue weighted by molar-refractivity contribution is 5.51. The topological polar surface area (TPSA) is 29.5 Å². The Balaban J connectivity index is 2.21. The molecule has 0 bridgehead atoms. The first-order valence-corrected chi connectivity index (χ1v) is 6.33. The lowest BCUT2D eigenvalue weighted by Gasteiger charge is -2.40. The lowest BCUT2D eigenvalue weighted by molar-refractivity contribution is -0.102. The number of fused-ring (bicyclic) bond motifs is 3. The number of hydrogen-bond donors (Lipinski definition) is 1. The fourth-order valence-electron chi connectivity index (χ4n) is 3.57. The fraction of sp³-hybridized carbons (Fsp3) is 0.600. The molecule has 1 aromatic rings. The van der Waals surface area contributed by atoms with Crippen LogP contribution in [0.25, 0.3) is 0 Å². The molecular weight excluding hydrogens is 212 g/mol. The molecule has 3 atom stereocenters. The molecule has 1 aromatic carbocycles. The summed E-state index contributed by atoms with van der Waals surface area (Å²) in [6.07, 6.45) is 1.78. The van der Waals surface area contributed by atoms with E-state index in [2.05, 4.69) is 39.0 Å². The Morgan fingerprint density at radius 3 is 2.59 bits per heavy atom. The van der Waals surface area contributed by atoms with E-state index in [1.165, 1.54) is 11.1 Å². The van der Waals surface area contributed by atoms with Crippen molar-refractivity contribution >= 4 is 0 Å². The van der Waals surface area contributed by atoms with Crippen molar-refractivity contribution in [2.45, 2.75) is 57.2 Å². The molecule has 1 fully saturated rings. The van der Waals surface area contributed by atoms with Crippen LogP contribution in [0.1, 0.15) is 44.7 Å². The number of aryl methyl sites for hydroxylation is 1. The Hall–Kier alpha value is -1.02. The molecule has 2 heteroatoms. The number of ether oxygens (including phenoxy) is 1. The van der Waals surface area contributed by atoms with Gasteiger partial charge in [-0.05, 0) is 45.2 Å². The zero-order chi connectivity index (χ0) is 12.5. The lowest BCUT2D eigenvalue weighted by Crippen LogP contribution is -2.56. The van der Waals surface area contributed by atoms with Crippen LogP contribution < -0.4 is 4.74 Å². The van der Waals surface area contributed by atoms with Crippen molar-refractivity contribution in [3.8, 4) is 5.75 Å². The van der Waals surface area contributed by atoms with Crippen molar-refractivity contribution in [3.63, 3.8) is 0 Å². The van der Waals surface area contributed by atoms with Crippen LogP contribution in [0.15, 0.2) is 18.2 Å². The Bertz CT molecular complexity index is 492. The van der Waals surface area contributed by atoms with Gasteiger partial charge in [0.15, 0.2) is 0 Å². The minimum Gasteiger partial charge on any atom is -0.483 e. The van der Waals surface area contributed by atoms with E-state index in [0.29, 0.717) is 0 Å². The molecule has 1 aliphatic carbocycles.